The highest BCUT2D eigenvalue weighted by atomic mass is 16.6. The van der Waals surface area contributed by atoms with Gasteiger partial charge in [0.05, 0.1) is 4.92 Å². The number of hydrogen-bond donors (Lipinski definition) is 0. The van der Waals surface area contributed by atoms with Crippen LogP contribution in [-0.4, -0.2) is 4.92 Å². The summed E-state index contributed by atoms with van der Waals surface area (Å²) >= 11 is 0. The molecule has 0 saturated carbocycles. The van der Waals surface area contributed by atoms with E-state index in [9.17, 15) is 10.1 Å². The molecule has 2 aromatic rings. The molecule has 78 valence electrons. The molecule has 0 N–H and O–H groups in total. The molecule has 0 aliphatic heterocycles. The maximum Gasteiger partial charge on any atom is 0.273 e. The van der Waals surface area contributed by atoms with Crippen LogP contribution in [-0.2, 0) is 6.42 Å². The molecule has 3 rings (SSSR count). The highest BCUT2D eigenvalue weighted by Gasteiger charge is 2.25. The summed E-state index contributed by atoms with van der Waals surface area (Å²) in [5.74, 6) is 0. The van der Waals surface area contributed by atoms with Gasteiger partial charge in [-0.2, -0.15) is 0 Å². The second-order valence-corrected chi connectivity index (χ2v) is 3.89. The Bertz CT molecular complexity index is 590. The lowest BCUT2D eigenvalue weighted by molar-refractivity contribution is -0.385. The Morgan fingerprint density at radius 1 is 1.00 bits per heavy atom. The standard InChI is InChI=1S/C13H9NO2/c15-14(16)13-7-3-6-11-10-5-2-1-4-9(10)8-12(11)13/h1-7H,8H2. The third-order valence-electron chi connectivity index (χ3n) is 3.02. The third-order valence-corrected chi connectivity index (χ3v) is 3.02. The molecular formula is C13H9NO2. The first kappa shape index (κ1) is 9.09. The lowest BCUT2D eigenvalue weighted by Gasteiger charge is -2.00. The van der Waals surface area contributed by atoms with Gasteiger partial charge in [-0.1, -0.05) is 36.4 Å². The van der Waals surface area contributed by atoms with Crippen molar-refractivity contribution in [3.8, 4) is 11.1 Å². The van der Waals surface area contributed by atoms with Crippen molar-refractivity contribution in [2.45, 2.75) is 6.42 Å². The van der Waals surface area contributed by atoms with E-state index in [1.165, 1.54) is 5.56 Å². The van der Waals surface area contributed by atoms with Crippen molar-refractivity contribution in [1.29, 1.82) is 0 Å². The minimum Gasteiger partial charge on any atom is -0.258 e. The number of nitro groups is 1. The zero-order valence-electron chi connectivity index (χ0n) is 8.51. The summed E-state index contributed by atoms with van der Waals surface area (Å²) in [6, 6.07) is 13.3. The van der Waals surface area contributed by atoms with E-state index in [1.54, 1.807) is 12.1 Å². The first-order valence-electron chi connectivity index (χ1n) is 5.12. The summed E-state index contributed by atoms with van der Waals surface area (Å²) in [4.78, 5) is 10.6. The Labute approximate surface area is 92.5 Å². The largest absolute Gasteiger partial charge is 0.273 e. The minimum atomic E-state index is -0.301. The molecule has 2 aromatic carbocycles. The van der Waals surface area contributed by atoms with Gasteiger partial charge in [0.15, 0.2) is 0 Å². The summed E-state index contributed by atoms with van der Waals surface area (Å²) < 4.78 is 0. The fourth-order valence-electron chi connectivity index (χ4n) is 2.31. The van der Waals surface area contributed by atoms with Crippen LogP contribution < -0.4 is 0 Å². The molecule has 0 bridgehead atoms. The summed E-state index contributed by atoms with van der Waals surface area (Å²) in [7, 11) is 0. The fourth-order valence-corrected chi connectivity index (χ4v) is 2.31. The smallest absolute Gasteiger partial charge is 0.258 e. The van der Waals surface area contributed by atoms with E-state index < -0.39 is 0 Å². The first-order chi connectivity index (χ1) is 7.77. The molecule has 1 aliphatic carbocycles. The maximum atomic E-state index is 10.9. The van der Waals surface area contributed by atoms with Crippen LogP contribution in [0.4, 0.5) is 5.69 Å². The van der Waals surface area contributed by atoms with Gasteiger partial charge in [-0.05, 0) is 16.7 Å². The quantitative estimate of drug-likeness (QED) is 0.458. The van der Waals surface area contributed by atoms with Crippen LogP contribution in [0.5, 0.6) is 0 Å². The Morgan fingerprint density at radius 2 is 1.75 bits per heavy atom. The van der Waals surface area contributed by atoms with Gasteiger partial charge >= 0.3 is 0 Å². The molecule has 1 aliphatic rings. The third kappa shape index (κ3) is 1.15. The van der Waals surface area contributed by atoms with E-state index in [2.05, 4.69) is 0 Å². The summed E-state index contributed by atoms with van der Waals surface area (Å²) in [6.45, 7) is 0. The van der Waals surface area contributed by atoms with Crippen molar-refractivity contribution in [1.82, 2.24) is 0 Å². The van der Waals surface area contributed by atoms with Crippen LogP contribution in [0.1, 0.15) is 11.1 Å². The molecule has 3 nitrogen and oxygen atoms in total. The van der Waals surface area contributed by atoms with Crippen LogP contribution in [0.2, 0.25) is 0 Å². The van der Waals surface area contributed by atoms with Gasteiger partial charge in [0.25, 0.3) is 5.69 Å². The van der Waals surface area contributed by atoms with E-state index in [0.29, 0.717) is 6.42 Å². The Balaban J connectivity index is 2.28. The Morgan fingerprint density at radius 3 is 2.56 bits per heavy atom. The molecule has 3 heteroatoms. The fraction of sp³-hybridized carbons (Fsp3) is 0.0769. The van der Waals surface area contributed by atoms with Gasteiger partial charge in [-0.25, -0.2) is 0 Å². The summed E-state index contributed by atoms with van der Waals surface area (Å²) in [5, 5.41) is 10.9. The molecule has 0 unspecified atom stereocenters. The lowest BCUT2D eigenvalue weighted by Crippen LogP contribution is -1.93. The SMILES string of the molecule is O=[N+]([O-])c1cccc2c1Cc1ccccc1-2. The molecular weight excluding hydrogens is 202 g/mol. The van der Waals surface area contributed by atoms with E-state index in [0.717, 1.165) is 16.7 Å². The van der Waals surface area contributed by atoms with Crippen LogP contribution in [0.3, 0.4) is 0 Å². The topological polar surface area (TPSA) is 43.1 Å². The van der Waals surface area contributed by atoms with E-state index in [-0.39, 0.29) is 10.6 Å². The van der Waals surface area contributed by atoms with Crippen molar-refractivity contribution < 1.29 is 4.92 Å². The number of rotatable bonds is 1. The van der Waals surface area contributed by atoms with Crippen LogP contribution in [0.15, 0.2) is 42.5 Å². The number of fused-ring (bicyclic) bond motifs is 3. The predicted molar refractivity (Wildman–Crippen MR) is 61.3 cm³/mol. The molecule has 0 spiro atoms. The maximum absolute atomic E-state index is 10.9. The molecule has 0 aromatic heterocycles. The second-order valence-electron chi connectivity index (χ2n) is 3.89. The zero-order chi connectivity index (χ0) is 11.1. The van der Waals surface area contributed by atoms with Crippen molar-refractivity contribution in [3.05, 3.63) is 63.7 Å². The van der Waals surface area contributed by atoms with Crippen LogP contribution in [0, 0.1) is 10.1 Å². The molecule has 0 heterocycles. The second kappa shape index (κ2) is 3.17. The number of benzene rings is 2. The van der Waals surface area contributed by atoms with Gasteiger partial charge in [-0.3, -0.25) is 10.1 Å². The molecule has 0 fully saturated rings. The van der Waals surface area contributed by atoms with Crippen molar-refractivity contribution >= 4 is 5.69 Å². The minimum absolute atomic E-state index is 0.230. The molecule has 0 radical (unpaired) electrons. The lowest BCUT2D eigenvalue weighted by atomic mass is 10.1. The van der Waals surface area contributed by atoms with Crippen molar-refractivity contribution in [2.75, 3.05) is 0 Å². The van der Waals surface area contributed by atoms with Gasteiger partial charge in [-0.15, -0.1) is 0 Å². The summed E-state index contributed by atoms with van der Waals surface area (Å²) in [6.07, 6.45) is 0.669. The highest BCUT2D eigenvalue weighted by molar-refractivity contribution is 5.80. The van der Waals surface area contributed by atoms with Gasteiger partial charge < -0.3 is 0 Å². The average molecular weight is 211 g/mol. The van der Waals surface area contributed by atoms with Crippen LogP contribution in [0.25, 0.3) is 11.1 Å². The van der Waals surface area contributed by atoms with Gasteiger partial charge in [0.2, 0.25) is 0 Å². The van der Waals surface area contributed by atoms with Gasteiger partial charge in [0, 0.05) is 18.1 Å². The Hall–Kier alpha value is -2.16. The van der Waals surface area contributed by atoms with Crippen molar-refractivity contribution in [2.24, 2.45) is 0 Å². The normalized spacial score (nSPS) is 12.0. The van der Waals surface area contributed by atoms with Gasteiger partial charge in [0.1, 0.15) is 0 Å². The van der Waals surface area contributed by atoms with E-state index >= 15 is 0 Å². The molecule has 0 saturated heterocycles. The Kier molecular flexibility index (Phi) is 1.80. The predicted octanol–water partition coefficient (Wildman–Crippen LogP) is 3.17. The highest BCUT2D eigenvalue weighted by Crippen LogP contribution is 2.40. The van der Waals surface area contributed by atoms with E-state index in [4.69, 9.17) is 0 Å². The summed E-state index contributed by atoms with van der Waals surface area (Å²) in [5.41, 5.74) is 4.38. The average Bonchev–Trinajstić information content (AvgIpc) is 2.67. The number of nitrogens with zero attached hydrogens (tertiary/aromatic N) is 1. The first-order valence-corrected chi connectivity index (χ1v) is 5.12. The number of nitro benzene ring substituents is 1. The molecule has 0 amide bonds. The zero-order valence-corrected chi connectivity index (χ0v) is 8.51. The molecule has 0 atom stereocenters. The number of hydrogen-bond acceptors (Lipinski definition) is 2. The van der Waals surface area contributed by atoms with Crippen molar-refractivity contribution in [3.63, 3.8) is 0 Å². The monoisotopic (exact) mass is 211 g/mol. The molecule has 16 heavy (non-hydrogen) atoms. The van der Waals surface area contributed by atoms with E-state index in [1.807, 2.05) is 30.3 Å². The van der Waals surface area contributed by atoms with Crippen LogP contribution >= 0.6 is 0 Å².